The van der Waals surface area contributed by atoms with Gasteiger partial charge in [-0.1, -0.05) is 0 Å². The minimum atomic E-state index is -0.798. The van der Waals surface area contributed by atoms with Gasteiger partial charge in [0.25, 0.3) is 0 Å². The van der Waals surface area contributed by atoms with Gasteiger partial charge in [-0.25, -0.2) is 0 Å². The summed E-state index contributed by atoms with van der Waals surface area (Å²) in [5.74, 6) is 0. The Kier molecular flexibility index (Phi) is 7.35. The SMILES string of the molecule is CC1=CC[C]([Zr+2][CH]2C(n3c4c(c5ccccc53)CCCC4)=Cc3ccccc32)=C1C.[Br-].[Br-]. The Bertz CT molecular complexity index is 1280. The number of rotatable bonds is 3. The number of aryl methyl sites for hydroxylation is 1. The third kappa shape index (κ3) is 3.85. The van der Waals surface area contributed by atoms with Crippen molar-refractivity contribution < 1.29 is 57.2 Å². The van der Waals surface area contributed by atoms with Gasteiger partial charge in [-0.2, -0.15) is 0 Å². The zero-order chi connectivity index (χ0) is 20.2. The molecule has 1 nitrogen and oxygen atoms in total. The molecule has 6 rings (SSSR count). The van der Waals surface area contributed by atoms with Crippen molar-refractivity contribution in [2.24, 2.45) is 0 Å². The van der Waals surface area contributed by atoms with Crippen molar-refractivity contribution in [2.45, 2.75) is 49.6 Å². The molecule has 0 radical (unpaired) electrons. The maximum atomic E-state index is 2.69. The summed E-state index contributed by atoms with van der Waals surface area (Å²) in [5, 5.41) is 1.49. The van der Waals surface area contributed by atoms with Crippen molar-refractivity contribution in [1.82, 2.24) is 4.57 Å². The van der Waals surface area contributed by atoms with Crippen LogP contribution in [-0.2, 0) is 36.1 Å². The third-order valence-electron chi connectivity index (χ3n) is 7.32. The molecule has 3 aliphatic rings. The molecule has 0 N–H and O–H groups in total. The average molecular weight is 629 g/mol. The Morgan fingerprint density at radius 1 is 0.906 bits per heavy atom. The third-order valence-corrected chi connectivity index (χ3v) is 11.8. The molecule has 32 heavy (non-hydrogen) atoms. The zero-order valence-electron chi connectivity index (χ0n) is 18.6. The average Bonchev–Trinajstić information content (AvgIpc) is 3.41. The van der Waals surface area contributed by atoms with Gasteiger partial charge in [-0.3, -0.25) is 0 Å². The Balaban J connectivity index is 0.00000122. The normalized spacial score (nSPS) is 18.9. The minimum absolute atomic E-state index is 0. The van der Waals surface area contributed by atoms with Crippen molar-refractivity contribution in [1.29, 1.82) is 0 Å². The van der Waals surface area contributed by atoms with Crippen molar-refractivity contribution in [3.63, 3.8) is 0 Å². The van der Waals surface area contributed by atoms with E-state index in [9.17, 15) is 0 Å². The number of nitrogens with zero attached hydrogens (tertiary/aromatic N) is 1. The van der Waals surface area contributed by atoms with E-state index < -0.39 is 23.2 Å². The van der Waals surface area contributed by atoms with Crippen LogP contribution in [0.4, 0.5) is 0 Å². The second-order valence-corrected chi connectivity index (χ2v) is 12.6. The molecule has 3 aliphatic carbocycles. The first-order chi connectivity index (χ1) is 14.7. The fraction of sp³-hybridized carbons (Fsp3) is 0.286. The van der Waals surface area contributed by atoms with Gasteiger partial charge in [-0.05, 0) is 0 Å². The van der Waals surface area contributed by atoms with E-state index in [1.54, 1.807) is 31.4 Å². The summed E-state index contributed by atoms with van der Waals surface area (Å²) in [5.41, 5.74) is 12.3. The molecule has 1 unspecified atom stereocenters. The molecule has 1 aromatic heterocycles. The maximum Gasteiger partial charge on any atom is -1.00 e. The van der Waals surface area contributed by atoms with Gasteiger partial charge in [0.15, 0.2) is 0 Å². The predicted molar refractivity (Wildman–Crippen MR) is 123 cm³/mol. The van der Waals surface area contributed by atoms with Gasteiger partial charge in [0.05, 0.1) is 0 Å². The molecule has 1 heterocycles. The summed E-state index contributed by atoms with van der Waals surface area (Å²) >= 11 is -0.798. The molecule has 4 heteroatoms. The van der Waals surface area contributed by atoms with Crippen LogP contribution in [0.2, 0.25) is 0 Å². The first kappa shape index (κ1) is 24.2. The number of hydrogen-bond donors (Lipinski definition) is 0. The van der Waals surface area contributed by atoms with Crippen LogP contribution in [0, 0.1) is 0 Å². The van der Waals surface area contributed by atoms with E-state index in [4.69, 9.17) is 0 Å². The van der Waals surface area contributed by atoms with Crippen LogP contribution in [0.15, 0.2) is 69.0 Å². The van der Waals surface area contributed by atoms with E-state index in [1.807, 2.05) is 0 Å². The van der Waals surface area contributed by atoms with Gasteiger partial charge >= 0.3 is 191 Å². The molecule has 0 fully saturated rings. The van der Waals surface area contributed by atoms with E-state index in [2.05, 4.69) is 79.1 Å². The van der Waals surface area contributed by atoms with Gasteiger partial charge in [0, 0.05) is 0 Å². The fourth-order valence-corrected chi connectivity index (χ4v) is 9.91. The first-order valence-corrected chi connectivity index (χ1v) is 13.9. The number of hydrogen-bond acceptors (Lipinski definition) is 0. The van der Waals surface area contributed by atoms with Gasteiger partial charge < -0.3 is 34.0 Å². The van der Waals surface area contributed by atoms with Crippen molar-refractivity contribution >= 4 is 22.7 Å². The molecule has 3 aromatic rings. The van der Waals surface area contributed by atoms with Crippen LogP contribution >= 0.6 is 0 Å². The molecule has 0 aliphatic heterocycles. The van der Waals surface area contributed by atoms with E-state index >= 15 is 0 Å². The van der Waals surface area contributed by atoms with Crippen molar-refractivity contribution in [2.75, 3.05) is 0 Å². The molecule has 0 spiro atoms. The number of benzene rings is 2. The molecule has 162 valence electrons. The molecular formula is C28H27Br2NZr. The zero-order valence-corrected chi connectivity index (χ0v) is 24.2. The Hall–Kier alpha value is -0.957. The summed E-state index contributed by atoms with van der Waals surface area (Å²) in [6.45, 7) is 4.64. The number of fused-ring (bicyclic) bond motifs is 4. The predicted octanol–water partition coefficient (Wildman–Crippen LogP) is 1.29. The topological polar surface area (TPSA) is 4.93 Å². The van der Waals surface area contributed by atoms with Crippen molar-refractivity contribution in [3.8, 4) is 0 Å². The number of aromatic nitrogens is 1. The number of halogens is 2. The second kappa shape index (κ2) is 9.73. The summed E-state index contributed by atoms with van der Waals surface area (Å²) in [6.07, 6.45) is 11.3. The molecule has 0 saturated carbocycles. The monoisotopic (exact) mass is 625 g/mol. The van der Waals surface area contributed by atoms with Gasteiger partial charge in [-0.15, -0.1) is 0 Å². The number of para-hydroxylation sites is 1. The minimum Gasteiger partial charge on any atom is -1.00 e. The standard InChI is InChI=1S/C21H18N.C7H9.2BrH.Zr/c1-2-8-16-14-17(13-15(16)7-1)22-20-11-5-3-9-18(20)19-10-4-6-12-21(19)22;1-6-4-3-5-7(6)2;;;/h1-3,5,7-9,11,13-14H,4,6,10,12H2;4H,3H2,1-2H3;2*1H;/q;;;;+2/p-2. The van der Waals surface area contributed by atoms with Crippen LogP contribution in [0.5, 0.6) is 0 Å². The van der Waals surface area contributed by atoms with E-state index in [0.717, 1.165) is 0 Å². The Morgan fingerprint density at radius 2 is 1.66 bits per heavy atom. The molecule has 0 saturated heterocycles. The maximum absolute atomic E-state index is 2.69. The van der Waals surface area contributed by atoms with E-state index in [-0.39, 0.29) is 34.0 Å². The van der Waals surface area contributed by atoms with Crippen LogP contribution in [0.25, 0.3) is 22.7 Å². The Labute approximate surface area is 223 Å². The van der Waals surface area contributed by atoms with Crippen LogP contribution < -0.4 is 34.0 Å². The largest absolute Gasteiger partial charge is 1.00 e. The molecule has 1 atom stereocenters. The summed E-state index contributed by atoms with van der Waals surface area (Å²) < 4.78 is 5.09. The molecule has 0 bridgehead atoms. The van der Waals surface area contributed by atoms with Crippen LogP contribution in [0.1, 0.15) is 59.1 Å². The first-order valence-electron chi connectivity index (χ1n) is 11.3. The number of allylic oxidation sites excluding steroid dienone is 5. The van der Waals surface area contributed by atoms with Crippen molar-refractivity contribution in [3.05, 3.63) is 91.4 Å². The quantitative estimate of drug-likeness (QED) is 0.413. The summed E-state index contributed by atoms with van der Waals surface area (Å²) in [4.78, 5) is 0. The Morgan fingerprint density at radius 3 is 2.47 bits per heavy atom. The van der Waals surface area contributed by atoms with Gasteiger partial charge in [0.2, 0.25) is 0 Å². The smallest absolute Gasteiger partial charge is 1.00 e. The van der Waals surface area contributed by atoms with E-state index in [0.29, 0.717) is 3.63 Å². The molecular weight excluding hydrogens is 601 g/mol. The summed E-state index contributed by atoms with van der Waals surface area (Å²) in [7, 11) is 0. The fourth-order valence-electron chi connectivity index (χ4n) is 5.58. The van der Waals surface area contributed by atoms with Crippen LogP contribution in [0.3, 0.4) is 0 Å². The van der Waals surface area contributed by atoms with E-state index in [1.165, 1.54) is 54.1 Å². The second-order valence-electron chi connectivity index (χ2n) is 8.96. The molecule has 0 amide bonds. The van der Waals surface area contributed by atoms with Crippen LogP contribution in [-0.4, -0.2) is 4.57 Å². The van der Waals surface area contributed by atoms with Gasteiger partial charge in [0.1, 0.15) is 0 Å². The molecule has 2 aromatic carbocycles. The summed E-state index contributed by atoms with van der Waals surface area (Å²) in [6, 6.07) is 18.3.